The Morgan fingerprint density at radius 3 is 2.61 bits per heavy atom. The third-order valence-corrected chi connectivity index (χ3v) is 3.30. The highest BCUT2D eigenvalue weighted by atomic mass is 35.5. The molecule has 18 heavy (non-hydrogen) atoms. The number of ether oxygens (including phenoxy) is 1. The van der Waals surface area contributed by atoms with Crippen LogP contribution in [0.15, 0.2) is 18.2 Å². The highest BCUT2D eigenvalue weighted by Crippen LogP contribution is 2.47. The van der Waals surface area contributed by atoms with Gasteiger partial charge in [-0.25, -0.2) is 4.39 Å². The molecule has 1 fully saturated rings. The molecule has 6 heteroatoms. The summed E-state index contributed by atoms with van der Waals surface area (Å²) < 4.78 is 18.9. The predicted octanol–water partition coefficient (Wildman–Crippen LogP) is 1.70. The zero-order chi connectivity index (χ0) is 12.6. The van der Waals surface area contributed by atoms with Crippen LogP contribution in [-0.4, -0.2) is 24.2 Å². The number of aliphatic carboxylic acids is 1. The first kappa shape index (κ1) is 14.7. The van der Waals surface area contributed by atoms with Crippen molar-refractivity contribution in [2.45, 2.75) is 24.3 Å². The van der Waals surface area contributed by atoms with E-state index >= 15 is 0 Å². The summed E-state index contributed by atoms with van der Waals surface area (Å²) in [6.45, 7) is 0. The molecule has 1 aliphatic carbocycles. The molecule has 1 aromatic carbocycles. The van der Waals surface area contributed by atoms with E-state index in [1.807, 2.05) is 0 Å². The highest BCUT2D eigenvalue weighted by molar-refractivity contribution is 5.85. The molecule has 0 aliphatic heterocycles. The second kappa shape index (κ2) is 5.12. The van der Waals surface area contributed by atoms with Crippen LogP contribution >= 0.6 is 12.4 Å². The van der Waals surface area contributed by atoms with Crippen molar-refractivity contribution in [1.82, 2.24) is 0 Å². The topological polar surface area (TPSA) is 72.5 Å². The molecule has 1 aliphatic rings. The lowest BCUT2D eigenvalue weighted by Crippen LogP contribution is -2.54. The van der Waals surface area contributed by atoms with E-state index in [0.29, 0.717) is 0 Å². The van der Waals surface area contributed by atoms with Crippen LogP contribution in [0.25, 0.3) is 0 Å². The Hall–Kier alpha value is -1.33. The number of hydrogen-bond acceptors (Lipinski definition) is 3. The van der Waals surface area contributed by atoms with Crippen molar-refractivity contribution < 1.29 is 19.0 Å². The number of carboxylic acid groups (broad SMARTS) is 1. The third-order valence-electron chi connectivity index (χ3n) is 3.30. The number of hydrogen-bond donors (Lipinski definition) is 2. The van der Waals surface area contributed by atoms with E-state index in [2.05, 4.69) is 0 Å². The second-order valence-corrected chi connectivity index (χ2v) is 4.37. The molecule has 0 heterocycles. The normalized spacial score (nSPS) is 25.8. The van der Waals surface area contributed by atoms with Gasteiger partial charge in [0.05, 0.1) is 7.11 Å². The summed E-state index contributed by atoms with van der Waals surface area (Å²) in [6, 6.07) is 4.10. The molecule has 0 aromatic heterocycles. The fourth-order valence-electron chi connectivity index (χ4n) is 2.46. The lowest BCUT2D eigenvalue weighted by molar-refractivity contribution is -0.148. The van der Waals surface area contributed by atoms with Gasteiger partial charge in [-0.2, -0.15) is 0 Å². The number of rotatable bonds is 3. The van der Waals surface area contributed by atoms with Gasteiger partial charge in [-0.05, 0) is 25.0 Å². The number of benzene rings is 1. The van der Waals surface area contributed by atoms with E-state index in [4.69, 9.17) is 10.5 Å². The minimum Gasteiger partial charge on any atom is -0.496 e. The van der Waals surface area contributed by atoms with Crippen molar-refractivity contribution in [2.75, 3.05) is 7.11 Å². The lowest BCUT2D eigenvalue weighted by atomic mass is 9.61. The van der Waals surface area contributed by atoms with E-state index in [-0.39, 0.29) is 42.6 Å². The first-order valence-corrected chi connectivity index (χ1v) is 5.33. The third kappa shape index (κ3) is 2.04. The van der Waals surface area contributed by atoms with Crippen LogP contribution in [-0.2, 0) is 10.2 Å². The molecule has 0 atom stereocenters. The Balaban J connectivity index is 0.00000162. The lowest BCUT2D eigenvalue weighted by Gasteiger charge is -2.43. The number of nitrogens with two attached hydrogens (primary N) is 1. The summed E-state index contributed by atoms with van der Waals surface area (Å²) >= 11 is 0. The van der Waals surface area contributed by atoms with Gasteiger partial charge in [-0.1, -0.05) is 6.07 Å². The molecular formula is C12H15ClFNO3. The van der Waals surface area contributed by atoms with Gasteiger partial charge in [0.1, 0.15) is 17.0 Å². The average Bonchev–Trinajstić information content (AvgIpc) is 2.24. The molecule has 0 amide bonds. The molecule has 0 saturated heterocycles. The predicted molar refractivity (Wildman–Crippen MR) is 66.7 cm³/mol. The van der Waals surface area contributed by atoms with Gasteiger partial charge < -0.3 is 15.6 Å². The number of halogens is 2. The summed E-state index contributed by atoms with van der Waals surface area (Å²) in [4.78, 5) is 11.4. The Kier molecular flexibility index (Phi) is 4.19. The monoisotopic (exact) mass is 275 g/mol. The van der Waals surface area contributed by atoms with E-state index in [1.165, 1.54) is 19.2 Å². The van der Waals surface area contributed by atoms with Gasteiger partial charge in [0, 0.05) is 11.6 Å². The number of methoxy groups -OCH3 is 1. The Morgan fingerprint density at radius 2 is 2.17 bits per heavy atom. The summed E-state index contributed by atoms with van der Waals surface area (Å²) in [7, 11) is 1.40. The second-order valence-electron chi connectivity index (χ2n) is 4.37. The zero-order valence-electron chi connectivity index (χ0n) is 9.85. The SMILES string of the molecule is COc1cccc(F)c1C1(C(=O)O)CC(N)C1.Cl. The quantitative estimate of drug-likeness (QED) is 0.881. The minimum absolute atomic E-state index is 0. The zero-order valence-corrected chi connectivity index (χ0v) is 10.7. The number of carbonyl (C=O) groups is 1. The molecular weight excluding hydrogens is 261 g/mol. The van der Waals surface area contributed by atoms with Crippen molar-refractivity contribution >= 4 is 18.4 Å². The summed E-state index contributed by atoms with van der Waals surface area (Å²) in [5, 5.41) is 9.32. The first-order valence-electron chi connectivity index (χ1n) is 5.33. The van der Waals surface area contributed by atoms with Crippen molar-refractivity contribution in [3.05, 3.63) is 29.6 Å². The highest BCUT2D eigenvalue weighted by Gasteiger charge is 2.53. The largest absolute Gasteiger partial charge is 0.496 e. The summed E-state index contributed by atoms with van der Waals surface area (Å²) in [5.74, 6) is -1.35. The standard InChI is InChI=1S/C12H14FNO3.ClH/c1-17-9-4-2-3-8(13)10(9)12(11(15)16)5-7(14)6-12;/h2-4,7H,5-6,14H2,1H3,(H,15,16);1H. The molecule has 0 spiro atoms. The van der Waals surface area contributed by atoms with Crippen molar-refractivity contribution in [2.24, 2.45) is 5.73 Å². The maximum Gasteiger partial charge on any atom is 0.314 e. The van der Waals surface area contributed by atoms with E-state index in [9.17, 15) is 14.3 Å². The van der Waals surface area contributed by atoms with Crippen LogP contribution in [0.4, 0.5) is 4.39 Å². The smallest absolute Gasteiger partial charge is 0.314 e. The molecule has 4 nitrogen and oxygen atoms in total. The molecule has 3 N–H and O–H groups in total. The summed E-state index contributed by atoms with van der Waals surface area (Å²) in [5.41, 5.74) is 4.51. The molecule has 1 aromatic rings. The molecule has 0 bridgehead atoms. The van der Waals surface area contributed by atoms with E-state index < -0.39 is 17.2 Å². The Labute approximate surface area is 110 Å². The van der Waals surface area contributed by atoms with Crippen LogP contribution in [0, 0.1) is 5.82 Å². The van der Waals surface area contributed by atoms with Gasteiger partial charge in [0.2, 0.25) is 0 Å². The van der Waals surface area contributed by atoms with Gasteiger partial charge in [0.15, 0.2) is 0 Å². The van der Waals surface area contributed by atoms with Gasteiger partial charge in [-0.15, -0.1) is 12.4 Å². The minimum atomic E-state index is -1.24. The Bertz CT molecular complexity index is 461. The van der Waals surface area contributed by atoms with Crippen molar-refractivity contribution in [3.8, 4) is 5.75 Å². The summed E-state index contributed by atoms with van der Waals surface area (Å²) in [6.07, 6.45) is 0.471. The van der Waals surface area contributed by atoms with Gasteiger partial charge >= 0.3 is 5.97 Å². The van der Waals surface area contributed by atoms with Crippen LogP contribution in [0.2, 0.25) is 0 Å². The van der Waals surface area contributed by atoms with Crippen LogP contribution in [0.3, 0.4) is 0 Å². The molecule has 0 unspecified atom stereocenters. The fraction of sp³-hybridized carbons (Fsp3) is 0.417. The molecule has 0 radical (unpaired) electrons. The van der Waals surface area contributed by atoms with Crippen LogP contribution in [0.5, 0.6) is 5.75 Å². The maximum atomic E-state index is 13.9. The first-order chi connectivity index (χ1) is 8.01. The van der Waals surface area contributed by atoms with E-state index in [1.54, 1.807) is 6.07 Å². The van der Waals surface area contributed by atoms with Gasteiger partial charge in [-0.3, -0.25) is 4.79 Å². The Morgan fingerprint density at radius 1 is 1.56 bits per heavy atom. The molecule has 1 saturated carbocycles. The fourth-order valence-corrected chi connectivity index (χ4v) is 2.46. The average molecular weight is 276 g/mol. The van der Waals surface area contributed by atoms with Crippen LogP contribution in [0.1, 0.15) is 18.4 Å². The van der Waals surface area contributed by atoms with Crippen molar-refractivity contribution in [3.63, 3.8) is 0 Å². The van der Waals surface area contributed by atoms with Gasteiger partial charge in [0.25, 0.3) is 0 Å². The molecule has 100 valence electrons. The van der Waals surface area contributed by atoms with Crippen molar-refractivity contribution in [1.29, 1.82) is 0 Å². The molecule has 2 rings (SSSR count). The maximum absolute atomic E-state index is 13.9. The van der Waals surface area contributed by atoms with Crippen LogP contribution < -0.4 is 10.5 Å². The van der Waals surface area contributed by atoms with E-state index in [0.717, 1.165) is 0 Å². The number of carboxylic acids is 1.